The van der Waals surface area contributed by atoms with Gasteiger partial charge in [0.25, 0.3) is 5.91 Å². The van der Waals surface area contributed by atoms with E-state index < -0.39 is 47.6 Å². The normalized spacial score (nSPS) is 12.8. The zero-order valence-electron chi connectivity index (χ0n) is 17.2. The number of rotatable bonds is 7. The van der Waals surface area contributed by atoms with E-state index in [2.05, 4.69) is 4.74 Å². The molecule has 6 nitrogen and oxygen atoms in total. The second-order valence-electron chi connectivity index (χ2n) is 7.07. The summed E-state index contributed by atoms with van der Waals surface area (Å²) in [4.78, 5) is 23.6. The van der Waals surface area contributed by atoms with Crippen LogP contribution >= 0.6 is 0 Å². The zero-order chi connectivity index (χ0) is 26.0. The van der Waals surface area contributed by atoms with Gasteiger partial charge in [0.15, 0.2) is 0 Å². The maximum Gasteiger partial charge on any atom is 0.573 e. The van der Waals surface area contributed by atoms with E-state index in [1.54, 1.807) is 0 Å². The average molecular weight is 505 g/mol. The third-order valence-corrected chi connectivity index (χ3v) is 4.57. The van der Waals surface area contributed by atoms with Gasteiger partial charge < -0.3 is 19.9 Å². The zero-order valence-corrected chi connectivity index (χ0v) is 17.2. The lowest BCUT2D eigenvalue weighted by Crippen LogP contribution is -2.50. The van der Waals surface area contributed by atoms with E-state index in [-0.39, 0.29) is 23.3 Å². The first-order valence-electron chi connectivity index (χ1n) is 9.55. The van der Waals surface area contributed by atoms with Gasteiger partial charge in [-0.3, -0.25) is 4.79 Å². The lowest BCUT2D eigenvalue weighted by atomic mass is 10.0. The Morgan fingerprint density at radius 2 is 1.57 bits per heavy atom. The predicted molar refractivity (Wildman–Crippen MR) is 106 cm³/mol. The Morgan fingerprint density at radius 3 is 2.14 bits per heavy atom. The largest absolute Gasteiger partial charge is 0.573 e. The fraction of sp³-hybridized carbons (Fsp3) is 0.182. The van der Waals surface area contributed by atoms with Gasteiger partial charge in [0.1, 0.15) is 23.9 Å². The van der Waals surface area contributed by atoms with Crippen molar-refractivity contribution < 1.29 is 54.9 Å². The lowest BCUT2D eigenvalue weighted by molar-refractivity contribution is -0.274. The van der Waals surface area contributed by atoms with Gasteiger partial charge in [0.05, 0.1) is 5.56 Å². The molecule has 3 rings (SSSR count). The van der Waals surface area contributed by atoms with Crippen LogP contribution in [0.5, 0.6) is 11.5 Å². The Morgan fingerprint density at radius 1 is 0.943 bits per heavy atom. The molecule has 35 heavy (non-hydrogen) atoms. The van der Waals surface area contributed by atoms with Crippen molar-refractivity contribution in [3.63, 3.8) is 0 Å². The average Bonchev–Trinajstić information content (AvgIpc) is 2.74. The molecule has 0 saturated heterocycles. The minimum Gasteiger partial charge on any atom is -0.487 e. The Kier molecular flexibility index (Phi) is 7.08. The summed E-state index contributed by atoms with van der Waals surface area (Å²) >= 11 is 0. The van der Waals surface area contributed by atoms with Crippen LogP contribution in [0.2, 0.25) is 0 Å². The number of carboxylic acid groups (broad SMARTS) is 1. The molecule has 0 aliphatic rings. The Labute approximate surface area is 191 Å². The molecule has 3 aromatic rings. The molecule has 13 heteroatoms. The number of carbonyl (C=O) groups is 2. The Balaban J connectivity index is 1.94. The molecule has 1 unspecified atom stereocenters. The van der Waals surface area contributed by atoms with Crippen molar-refractivity contribution in [2.75, 3.05) is 0 Å². The molecule has 0 saturated carbocycles. The fourth-order valence-electron chi connectivity index (χ4n) is 3.03. The third-order valence-electron chi connectivity index (χ3n) is 4.57. The van der Waals surface area contributed by atoms with E-state index in [0.29, 0.717) is 5.39 Å². The first kappa shape index (κ1) is 25.6. The van der Waals surface area contributed by atoms with Crippen LogP contribution in [0.4, 0.5) is 30.7 Å². The van der Waals surface area contributed by atoms with Crippen LogP contribution < -0.4 is 14.8 Å². The van der Waals surface area contributed by atoms with Gasteiger partial charge in [-0.25, -0.2) is 9.18 Å². The second-order valence-corrected chi connectivity index (χ2v) is 7.07. The molecule has 0 radical (unpaired) electrons. The van der Waals surface area contributed by atoms with E-state index in [1.807, 2.05) is 0 Å². The molecule has 1 atom stereocenters. The monoisotopic (exact) mass is 505 g/mol. The van der Waals surface area contributed by atoms with Crippen molar-refractivity contribution in [3.8, 4) is 11.5 Å². The number of alkyl halides is 6. The maximum atomic E-state index is 13.9. The van der Waals surface area contributed by atoms with Crippen LogP contribution in [0, 0.1) is 5.82 Å². The van der Waals surface area contributed by atoms with Crippen molar-refractivity contribution >= 4 is 22.6 Å². The molecule has 0 aromatic heterocycles. The predicted octanol–water partition coefficient (Wildman–Crippen LogP) is 5.20. The number of amides is 1. The van der Waals surface area contributed by atoms with E-state index in [4.69, 9.17) is 9.84 Å². The highest BCUT2D eigenvalue weighted by Crippen LogP contribution is 2.32. The maximum absolute atomic E-state index is 13.9. The highest BCUT2D eigenvalue weighted by Gasteiger charge is 2.46. The van der Waals surface area contributed by atoms with Crippen LogP contribution in [0.3, 0.4) is 0 Å². The van der Waals surface area contributed by atoms with Gasteiger partial charge in [-0.15, -0.1) is 13.2 Å². The van der Waals surface area contributed by atoms with Gasteiger partial charge in [0, 0.05) is 5.39 Å². The van der Waals surface area contributed by atoms with E-state index in [9.17, 15) is 40.3 Å². The minimum atomic E-state index is -5.30. The van der Waals surface area contributed by atoms with Crippen molar-refractivity contribution in [1.29, 1.82) is 0 Å². The standard InChI is InChI=1S/C22H14F7NO5/c23-13-5-3-12-4-8-15(19(31)30-18(20(32)33)21(24,25)26)17(16(12)9-13)34-10-11-1-6-14(7-2-11)35-22(27,28)29/h1-9,18H,10H2,(H,30,31)(H,32,33). The molecule has 0 heterocycles. The second kappa shape index (κ2) is 9.68. The van der Waals surface area contributed by atoms with Gasteiger partial charge in [-0.2, -0.15) is 13.2 Å². The summed E-state index contributed by atoms with van der Waals surface area (Å²) in [5.74, 6) is -5.43. The van der Waals surface area contributed by atoms with Gasteiger partial charge in [-0.05, 0) is 41.3 Å². The summed E-state index contributed by atoms with van der Waals surface area (Å²) in [7, 11) is 0. The molecule has 0 spiro atoms. The number of benzene rings is 3. The number of fused-ring (bicyclic) bond motifs is 1. The van der Waals surface area contributed by atoms with E-state index in [1.165, 1.54) is 29.6 Å². The molecular weight excluding hydrogens is 491 g/mol. The minimum absolute atomic E-state index is 0.00596. The highest BCUT2D eigenvalue weighted by atomic mass is 19.4. The summed E-state index contributed by atoms with van der Waals surface area (Å²) < 4.78 is 99.1. The number of ether oxygens (including phenoxy) is 2. The fourth-order valence-corrected chi connectivity index (χ4v) is 3.03. The van der Waals surface area contributed by atoms with Crippen LogP contribution in [0.1, 0.15) is 15.9 Å². The summed E-state index contributed by atoms with van der Waals surface area (Å²) in [6.07, 6.45) is -10.2. The van der Waals surface area contributed by atoms with Crippen LogP contribution in [0.25, 0.3) is 10.8 Å². The van der Waals surface area contributed by atoms with Crippen LogP contribution in [0.15, 0.2) is 54.6 Å². The van der Waals surface area contributed by atoms with Crippen LogP contribution in [-0.4, -0.2) is 35.6 Å². The smallest absolute Gasteiger partial charge is 0.487 e. The molecule has 0 bridgehead atoms. The number of carbonyl (C=O) groups excluding carboxylic acids is 1. The molecule has 3 aromatic carbocycles. The van der Waals surface area contributed by atoms with Gasteiger partial charge in [-0.1, -0.05) is 24.3 Å². The molecular formula is C22H14F7NO5. The Bertz CT molecular complexity index is 1240. The van der Waals surface area contributed by atoms with Crippen molar-refractivity contribution in [2.45, 2.75) is 25.2 Å². The summed E-state index contributed by atoms with van der Waals surface area (Å²) in [6.45, 7) is -0.385. The summed E-state index contributed by atoms with van der Waals surface area (Å²) in [5, 5.41) is 10.5. The summed E-state index contributed by atoms with van der Waals surface area (Å²) in [5.41, 5.74) is -0.242. The van der Waals surface area contributed by atoms with Crippen molar-refractivity contribution in [3.05, 3.63) is 71.5 Å². The van der Waals surface area contributed by atoms with E-state index >= 15 is 0 Å². The molecule has 186 valence electrons. The highest BCUT2D eigenvalue weighted by molar-refractivity contribution is 6.05. The number of hydrogen-bond donors (Lipinski definition) is 2. The SMILES string of the molecule is O=C(NC(C(=O)O)C(F)(F)F)c1ccc2ccc(F)cc2c1OCc1ccc(OC(F)(F)F)cc1. The van der Waals surface area contributed by atoms with Crippen molar-refractivity contribution in [1.82, 2.24) is 5.32 Å². The van der Waals surface area contributed by atoms with Gasteiger partial charge in [0.2, 0.25) is 6.04 Å². The number of halogens is 7. The number of hydrogen-bond acceptors (Lipinski definition) is 4. The quantitative estimate of drug-likeness (QED) is 0.432. The summed E-state index contributed by atoms with van der Waals surface area (Å²) in [6, 6.07) is 6.91. The van der Waals surface area contributed by atoms with Gasteiger partial charge >= 0.3 is 18.5 Å². The topological polar surface area (TPSA) is 84.9 Å². The number of nitrogens with one attached hydrogen (secondary N) is 1. The van der Waals surface area contributed by atoms with Crippen molar-refractivity contribution in [2.24, 2.45) is 0 Å². The molecule has 1 amide bonds. The first-order valence-corrected chi connectivity index (χ1v) is 9.55. The number of carboxylic acids is 1. The lowest BCUT2D eigenvalue weighted by Gasteiger charge is -2.19. The molecule has 0 aliphatic heterocycles. The third kappa shape index (κ3) is 6.52. The molecule has 0 fully saturated rings. The Hall–Kier alpha value is -4.03. The van der Waals surface area contributed by atoms with Crippen LogP contribution in [-0.2, 0) is 11.4 Å². The molecule has 0 aliphatic carbocycles. The number of aliphatic carboxylic acids is 1. The molecule has 2 N–H and O–H groups in total. The van der Waals surface area contributed by atoms with E-state index in [0.717, 1.165) is 30.3 Å². The first-order chi connectivity index (χ1) is 16.2.